The van der Waals surface area contributed by atoms with E-state index in [9.17, 15) is 9.59 Å². The van der Waals surface area contributed by atoms with Crippen LogP contribution >= 0.6 is 0 Å². The van der Waals surface area contributed by atoms with Gasteiger partial charge in [-0.1, -0.05) is 18.2 Å². The van der Waals surface area contributed by atoms with Crippen molar-refractivity contribution in [2.45, 2.75) is 52.7 Å². The Labute approximate surface area is 202 Å². The molecule has 3 heterocycles. The van der Waals surface area contributed by atoms with Gasteiger partial charge < -0.3 is 14.2 Å². The standard InChI is InChI=1S/C25H28N6O4/c1-16-11-13-19(34-16)22(24(33)26-25(3,4)5)31(18-9-7-6-8-10-18)21(32)15-30-28-23(27-29-30)20-14-12-17(2)35-20/h6-14,22H,15H2,1-5H3,(H,26,33). The van der Waals surface area contributed by atoms with Crippen LogP contribution in [0.15, 0.2) is 63.4 Å². The lowest BCUT2D eigenvalue weighted by Crippen LogP contribution is -2.50. The Morgan fingerprint density at radius 2 is 1.69 bits per heavy atom. The molecular weight excluding hydrogens is 448 g/mol. The molecule has 1 unspecified atom stereocenters. The molecule has 0 fully saturated rings. The van der Waals surface area contributed by atoms with Crippen LogP contribution in [0, 0.1) is 13.8 Å². The molecule has 0 aliphatic heterocycles. The van der Waals surface area contributed by atoms with Gasteiger partial charge in [0, 0.05) is 11.2 Å². The lowest BCUT2D eigenvalue weighted by molar-refractivity contribution is -0.128. The maximum atomic E-state index is 13.7. The second-order valence-electron chi connectivity index (χ2n) is 9.24. The zero-order valence-electron chi connectivity index (χ0n) is 20.3. The third-order valence-corrected chi connectivity index (χ3v) is 5.03. The number of carbonyl (C=O) groups excluding carboxylic acids is 2. The summed E-state index contributed by atoms with van der Waals surface area (Å²) in [6.45, 7) is 8.98. The average molecular weight is 477 g/mol. The van der Waals surface area contributed by atoms with Crippen LogP contribution < -0.4 is 10.2 Å². The molecule has 4 aromatic rings. The van der Waals surface area contributed by atoms with Gasteiger partial charge >= 0.3 is 0 Å². The second kappa shape index (κ2) is 9.57. The minimum atomic E-state index is -1.05. The fourth-order valence-electron chi connectivity index (χ4n) is 3.60. The molecule has 1 atom stereocenters. The zero-order valence-corrected chi connectivity index (χ0v) is 20.3. The van der Waals surface area contributed by atoms with Crippen molar-refractivity contribution in [2.75, 3.05) is 4.90 Å². The number of benzene rings is 1. The van der Waals surface area contributed by atoms with Gasteiger partial charge in [0.2, 0.25) is 5.82 Å². The molecule has 1 aromatic carbocycles. The first-order valence-electron chi connectivity index (χ1n) is 11.2. The summed E-state index contributed by atoms with van der Waals surface area (Å²) < 4.78 is 11.4. The minimum absolute atomic E-state index is 0.249. The molecular formula is C25H28N6O4. The number of hydrogen-bond acceptors (Lipinski definition) is 7. The van der Waals surface area contributed by atoms with Crippen molar-refractivity contribution >= 4 is 17.5 Å². The monoisotopic (exact) mass is 476 g/mol. The highest BCUT2D eigenvalue weighted by atomic mass is 16.3. The van der Waals surface area contributed by atoms with Crippen LogP contribution in [0.4, 0.5) is 5.69 Å². The van der Waals surface area contributed by atoms with Crippen LogP contribution in [0.5, 0.6) is 0 Å². The summed E-state index contributed by atoms with van der Waals surface area (Å²) in [5.41, 5.74) is 0.00828. The fourth-order valence-corrected chi connectivity index (χ4v) is 3.60. The Morgan fingerprint density at radius 3 is 2.29 bits per heavy atom. The van der Waals surface area contributed by atoms with Crippen LogP contribution in [0.2, 0.25) is 0 Å². The number of amides is 2. The first-order chi connectivity index (χ1) is 16.6. The lowest BCUT2D eigenvalue weighted by atomic mass is 10.1. The van der Waals surface area contributed by atoms with E-state index in [0.29, 0.717) is 28.7 Å². The van der Waals surface area contributed by atoms with E-state index in [1.165, 1.54) is 9.70 Å². The summed E-state index contributed by atoms with van der Waals surface area (Å²) in [7, 11) is 0. The van der Waals surface area contributed by atoms with E-state index in [1.807, 2.05) is 33.8 Å². The van der Waals surface area contributed by atoms with Crippen LogP contribution in [-0.2, 0) is 16.1 Å². The first kappa shape index (κ1) is 23.9. The molecule has 0 spiro atoms. The fraction of sp³-hybridized carbons (Fsp3) is 0.320. The number of para-hydroxylation sites is 1. The van der Waals surface area contributed by atoms with Crippen molar-refractivity contribution in [3.05, 3.63) is 71.9 Å². The van der Waals surface area contributed by atoms with E-state index >= 15 is 0 Å². The number of aromatic nitrogens is 4. The van der Waals surface area contributed by atoms with Gasteiger partial charge in [0.1, 0.15) is 23.8 Å². The van der Waals surface area contributed by atoms with Gasteiger partial charge in [-0.25, -0.2) is 0 Å². The molecule has 182 valence electrons. The number of anilines is 1. The van der Waals surface area contributed by atoms with Crippen molar-refractivity contribution in [1.29, 1.82) is 0 Å². The number of carbonyl (C=O) groups is 2. The van der Waals surface area contributed by atoms with Gasteiger partial charge in [0.05, 0.1) is 0 Å². The molecule has 0 aliphatic rings. The molecule has 0 aliphatic carbocycles. The van der Waals surface area contributed by atoms with Gasteiger partial charge in [-0.15, -0.1) is 10.2 Å². The van der Waals surface area contributed by atoms with Gasteiger partial charge in [-0.3, -0.25) is 14.5 Å². The molecule has 1 N–H and O–H groups in total. The highest BCUT2D eigenvalue weighted by Gasteiger charge is 2.36. The number of hydrogen-bond donors (Lipinski definition) is 1. The highest BCUT2D eigenvalue weighted by Crippen LogP contribution is 2.30. The summed E-state index contributed by atoms with van der Waals surface area (Å²) >= 11 is 0. The zero-order chi connectivity index (χ0) is 25.2. The lowest BCUT2D eigenvalue weighted by Gasteiger charge is -2.32. The number of rotatable bonds is 7. The number of nitrogens with one attached hydrogen (secondary N) is 1. The Bertz CT molecular complexity index is 1310. The number of tetrazole rings is 1. The Morgan fingerprint density at radius 1 is 1.00 bits per heavy atom. The molecule has 35 heavy (non-hydrogen) atoms. The number of furan rings is 2. The quantitative estimate of drug-likeness (QED) is 0.430. The minimum Gasteiger partial charge on any atom is -0.464 e. The van der Waals surface area contributed by atoms with E-state index in [4.69, 9.17) is 8.83 Å². The first-order valence-corrected chi connectivity index (χ1v) is 11.2. The third-order valence-electron chi connectivity index (χ3n) is 5.03. The molecule has 3 aromatic heterocycles. The molecule has 10 nitrogen and oxygen atoms in total. The average Bonchev–Trinajstić information content (AvgIpc) is 3.52. The van der Waals surface area contributed by atoms with Crippen molar-refractivity contribution in [3.63, 3.8) is 0 Å². The largest absolute Gasteiger partial charge is 0.464 e. The maximum absolute atomic E-state index is 13.7. The second-order valence-corrected chi connectivity index (χ2v) is 9.24. The topological polar surface area (TPSA) is 119 Å². The van der Waals surface area contributed by atoms with Gasteiger partial charge in [-0.05, 0) is 76.2 Å². The van der Waals surface area contributed by atoms with Crippen molar-refractivity contribution in [3.8, 4) is 11.6 Å². The molecule has 0 bridgehead atoms. The van der Waals surface area contributed by atoms with Crippen LogP contribution in [0.1, 0.15) is 44.1 Å². The Balaban J connectivity index is 1.70. The highest BCUT2D eigenvalue weighted by molar-refractivity contribution is 6.01. The Kier molecular flexibility index (Phi) is 6.54. The maximum Gasteiger partial charge on any atom is 0.251 e. The predicted octanol–water partition coefficient (Wildman–Crippen LogP) is 3.83. The van der Waals surface area contributed by atoms with Gasteiger partial charge in [0.25, 0.3) is 11.8 Å². The normalized spacial score (nSPS) is 12.4. The SMILES string of the molecule is Cc1ccc(-c2nnn(CC(=O)N(c3ccccc3)C(C(=O)NC(C)(C)C)c3ccc(C)o3)n2)o1. The summed E-state index contributed by atoms with van der Waals surface area (Å²) in [6, 6.07) is 14.9. The molecule has 0 saturated carbocycles. The third kappa shape index (κ3) is 5.65. The molecule has 4 rings (SSSR count). The van der Waals surface area contributed by atoms with Crippen molar-refractivity contribution < 1.29 is 18.4 Å². The number of aryl methyl sites for hydroxylation is 2. The summed E-state index contributed by atoms with van der Waals surface area (Å²) in [5, 5.41) is 15.2. The number of nitrogens with zero attached hydrogens (tertiary/aromatic N) is 5. The predicted molar refractivity (Wildman–Crippen MR) is 128 cm³/mol. The Hall–Kier alpha value is -4.21. The van der Waals surface area contributed by atoms with E-state index in [1.54, 1.807) is 55.5 Å². The van der Waals surface area contributed by atoms with E-state index in [2.05, 4.69) is 20.7 Å². The summed E-state index contributed by atoms with van der Waals surface area (Å²) in [6.07, 6.45) is 0. The van der Waals surface area contributed by atoms with Crippen molar-refractivity contribution in [1.82, 2.24) is 25.5 Å². The van der Waals surface area contributed by atoms with Crippen LogP contribution in [0.25, 0.3) is 11.6 Å². The van der Waals surface area contributed by atoms with Crippen LogP contribution in [0.3, 0.4) is 0 Å². The smallest absolute Gasteiger partial charge is 0.251 e. The molecule has 0 radical (unpaired) electrons. The van der Waals surface area contributed by atoms with E-state index in [-0.39, 0.29) is 18.3 Å². The molecule has 10 heteroatoms. The summed E-state index contributed by atoms with van der Waals surface area (Å²) in [5.74, 6) is 1.62. The van der Waals surface area contributed by atoms with Gasteiger partial charge in [-0.2, -0.15) is 4.80 Å². The molecule has 2 amide bonds. The van der Waals surface area contributed by atoms with E-state index < -0.39 is 17.5 Å². The summed E-state index contributed by atoms with van der Waals surface area (Å²) in [4.78, 5) is 29.8. The van der Waals surface area contributed by atoms with E-state index in [0.717, 1.165) is 0 Å². The molecule has 0 saturated heterocycles. The van der Waals surface area contributed by atoms with Gasteiger partial charge in [0.15, 0.2) is 11.8 Å². The van der Waals surface area contributed by atoms with Crippen LogP contribution in [-0.4, -0.2) is 37.6 Å². The van der Waals surface area contributed by atoms with Crippen molar-refractivity contribution in [2.24, 2.45) is 0 Å².